The van der Waals surface area contributed by atoms with Gasteiger partial charge in [-0.3, -0.25) is 0 Å². The van der Waals surface area contributed by atoms with E-state index in [2.05, 4.69) is 21.2 Å². The van der Waals surface area contributed by atoms with Crippen LogP contribution in [0.3, 0.4) is 0 Å². The zero-order chi connectivity index (χ0) is 13.4. The molecule has 0 saturated heterocycles. The van der Waals surface area contributed by atoms with Crippen LogP contribution in [0.4, 0.5) is 14.5 Å². The van der Waals surface area contributed by atoms with E-state index in [9.17, 15) is 8.78 Å². The van der Waals surface area contributed by atoms with Gasteiger partial charge in [0, 0.05) is 10.0 Å². The molecule has 1 atom stereocenters. The fourth-order valence-corrected chi connectivity index (χ4v) is 2.44. The minimum atomic E-state index is -0.859. The van der Waals surface area contributed by atoms with E-state index in [1.165, 1.54) is 12.1 Å². The summed E-state index contributed by atoms with van der Waals surface area (Å²) in [5.74, 6) is -1.08. The second-order valence-corrected chi connectivity index (χ2v) is 5.19. The maximum absolute atomic E-state index is 13.7. The normalized spacial score (nSPS) is 17.3. The summed E-state index contributed by atoms with van der Waals surface area (Å²) in [5, 5.41) is 3.15. The van der Waals surface area contributed by atoms with Crippen molar-refractivity contribution in [2.75, 3.05) is 11.9 Å². The summed E-state index contributed by atoms with van der Waals surface area (Å²) >= 11 is 3.37. The van der Waals surface area contributed by atoms with E-state index >= 15 is 0 Å². The van der Waals surface area contributed by atoms with Gasteiger partial charge in [-0.15, -0.1) is 0 Å². The number of anilines is 1. The number of hydrogen-bond acceptors (Lipinski definition) is 2. The molecule has 1 heterocycles. The summed E-state index contributed by atoms with van der Waals surface area (Å²) in [6.07, 6.45) is -0.538. The van der Waals surface area contributed by atoms with E-state index in [-0.39, 0.29) is 5.56 Å². The average molecular weight is 326 g/mol. The van der Waals surface area contributed by atoms with E-state index in [0.29, 0.717) is 12.3 Å². The molecule has 0 spiro atoms. The second kappa shape index (κ2) is 4.81. The van der Waals surface area contributed by atoms with Crippen LogP contribution in [-0.4, -0.2) is 6.54 Å². The largest absolute Gasteiger partial charge is 0.482 e. The zero-order valence-electron chi connectivity index (χ0n) is 9.79. The van der Waals surface area contributed by atoms with Crippen LogP contribution in [0.25, 0.3) is 0 Å². The number of benzene rings is 2. The third kappa shape index (κ3) is 2.30. The van der Waals surface area contributed by atoms with Gasteiger partial charge in [0.25, 0.3) is 0 Å². The molecular formula is C14H10BrF2NO. The Hall–Kier alpha value is -1.62. The van der Waals surface area contributed by atoms with Gasteiger partial charge in [-0.2, -0.15) is 0 Å². The van der Waals surface area contributed by atoms with Gasteiger partial charge in [0.2, 0.25) is 0 Å². The molecule has 5 heteroatoms. The van der Waals surface area contributed by atoms with Gasteiger partial charge in [-0.05, 0) is 24.3 Å². The van der Waals surface area contributed by atoms with Crippen LogP contribution in [-0.2, 0) is 0 Å². The van der Waals surface area contributed by atoms with E-state index in [4.69, 9.17) is 4.74 Å². The lowest BCUT2D eigenvalue weighted by Crippen LogP contribution is -2.24. The van der Waals surface area contributed by atoms with Gasteiger partial charge < -0.3 is 10.1 Å². The number of halogens is 3. The maximum Gasteiger partial charge on any atom is 0.165 e. The number of fused-ring (bicyclic) bond motifs is 1. The van der Waals surface area contributed by atoms with E-state index < -0.39 is 17.7 Å². The second-order valence-electron chi connectivity index (χ2n) is 4.27. The van der Waals surface area contributed by atoms with Gasteiger partial charge in [0.15, 0.2) is 11.6 Å². The fourth-order valence-electron chi connectivity index (χ4n) is 2.08. The molecule has 2 nitrogen and oxygen atoms in total. The Balaban J connectivity index is 1.93. The van der Waals surface area contributed by atoms with Crippen LogP contribution in [0.15, 0.2) is 40.9 Å². The molecule has 1 unspecified atom stereocenters. The van der Waals surface area contributed by atoms with Gasteiger partial charge in [-0.1, -0.05) is 28.1 Å². The molecule has 2 aromatic rings. The van der Waals surface area contributed by atoms with Crippen molar-refractivity contribution in [2.45, 2.75) is 6.10 Å². The maximum atomic E-state index is 13.7. The molecule has 1 aliphatic rings. The number of nitrogens with one attached hydrogen (secondary N) is 1. The lowest BCUT2D eigenvalue weighted by atomic mass is 10.1. The van der Waals surface area contributed by atoms with Crippen LogP contribution in [0.1, 0.15) is 11.7 Å². The van der Waals surface area contributed by atoms with Crippen LogP contribution in [0, 0.1) is 11.6 Å². The van der Waals surface area contributed by atoms with Gasteiger partial charge >= 0.3 is 0 Å². The number of hydrogen-bond donors (Lipinski definition) is 1. The van der Waals surface area contributed by atoms with Crippen LogP contribution in [0.2, 0.25) is 0 Å². The molecule has 0 amide bonds. The van der Waals surface area contributed by atoms with E-state index in [1.54, 1.807) is 6.07 Å². The Morgan fingerprint density at radius 3 is 2.89 bits per heavy atom. The van der Waals surface area contributed by atoms with Crippen molar-refractivity contribution >= 4 is 21.6 Å². The predicted octanol–water partition coefficient (Wildman–Crippen LogP) is 4.27. The van der Waals surface area contributed by atoms with Crippen molar-refractivity contribution in [3.05, 3.63) is 58.1 Å². The van der Waals surface area contributed by atoms with Gasteiger partial charge in [0.05, 0.1) is 12.2 Å². The first kappa shape index (κ1) is 12.4. The molecule has 0 aliphatic carbocycles. The van der Waals surface area contributed by atoms with Crippen molar-refractivity contribution in [3.8, 4) is 5.75 Å². The molecule has 19 heavy (non-hydrogen) atoms. The fraction of sp³-hybridized carbons (Fsp3) is 0.143. The lowest BCUT2D eigenvalue weighted by Gasteiger charge is -2.28. The first-order valence-electron chi connectivity index (χ1n) is 5.79. The molecule has 98 valence electrons. The van der Waals surface area contributed by atoms with Crippen LogP contribution in [0.5, 0.6) is 5.75 Å². The van der Waals surface area contributed by atoms with E-state index in [1.807, 2.05) is 12.1 Å². The minimum Gasteiger partial charge on any atom is -0.482 e. The van der Waals surface area contributed by atoms with Crippen molar-refractivity contribution < 1.29 is 13.5 Å². The Bertz CT molecular complexity index is 633. The van der Waals surface area contributed by atoms with Crippen molar-refractivity contribution in [1.29, 1.82) is 0 Å². The summed E-state index contributed by atoms with van der Waals surface area (Å²) in [4.78, 5) is 0. The summed E-state index contributed by atoms with van der Waals surface area (Å²) in [5.41, 5.74) is 1.06. The monoisotopic (exact) mass is 325 g/mol. The van der Waals surface area contributed by atoms with Crippen LogP contribution >= 0.6 is 15.9 Å². The standard InChI is InChI=1S/C14H10BrF2NO/c15-8-4-5-12-11(6-8)18-7-13(19-12)9-2-1-3-10(16)14(9)17/h1-6,13,18H,7H2. The third-order valence-electron chi connectivity index (χ3n) is 3.02. The smallest absolute Gasteiger partial charge is 0.165 e. The summed E-state index contributed by atoms with van der Waals surface area (Å²) in [7, 11) is 0. The molecular weight excluding hydrogens is 316 g/mol. The highest BCUT2D eigenvalue weighted by molar-refractivity contribution is 9.10. The molecule has 2 aromatic carbocycles. The first-order valence-corrected chi connectivity index (χ1v) is 6.58. The Morgan fingerprint density at radius 2 is 2.05 bits per heavy atom. The Morgan fingerprint density at radius 1 is 1.21 bits per heavy atom. The minimum absolute atomic E-state index is 0.223. The zero-order valence-corrected chi connectivity index (χ0v) is 11.4. The molecule has 3 rings (SSSR count). The van der Waals surface area contributed by atoms with Crippen molar-refractivity contribution in [1.82, 2.24) is 0 Å². The van der Waals surface area contributed by atoms with Crippen molar-refractivity contribution in [2.24, 2.45) is 0 Å². The highest BCUT2D eigenvalue weighted by atomic mass is 79.9. The molecule has 0 fully saturated rings. The summed E-state index contributed by atoms with van der Waals surface area (Å²) in [6.45, 7) is 0.393. The molecule has 0 saturated carbocycles. The lowest BCUT2D eigenvalue weighted by molar-refractivity contribution is 0.204. The molecule has 0 bridgehead atoms. The van der Waals surface area contributed by atoms with Gasteiger partial charge in [0.1, 0.15) is 11.9 Å². The quantitative estimate of drug-likeness (QED) is 0.845. The molecule has 1 aliphatic heterocycles. The highest BCUT2D eigenvalue weighted by Gasteiger charge is 2.24. The SMILES string of the molecule is Fc1cccc(C2CNc3cc(Br)ccc3O2)c1F. The number of rotatable bonds is 1. The highest BCUT2D eigenvalue weighted by Crippen LogP contribution is 2.36. The van der Waals surface area contributed by atoms with Crippen LogP contribution < -0.4 is 10.1 Å². The third-order valence-corrected chi connectivity index (χ3v) is 3.51. The topological polar surface area (TPSA) is 21.3 Å². The predicted molar refractivity (Wildman–Crippen MR) is 72.4 cm³/mol. The van der Waals surface area contributed by atoms with Gasteiger partial charge in [-0.25, -0.2) is 8.78 Å². The molecule has 0 aromatic heterocycles. The van der Waals surface area contributed by atoms with E-state index in [0.717, 1.165) is 16.2 Å². The average Bonchev–Trinajstić information content (AvgIpc) is 2.41. The summed E-state index contributed by atoms with van der Waals surface area (Å²) < 4.78 is 33.6. The van der Waals surface area contributed by atoms with Crippen molar-refractivity contribution in [3.63, 3.8) is 0 Å². The summed E-state index contributed by atoms with van der Waals surface area (Å²) in [6, 6.07) is 9.62. The molecule has 0 radical (unpaired) electrons. The Kier molecular flexibility index (Phi) is 3.14. The molecule has 1 N–H and O–H groups in total. The first-order chi connectivity index (χ1) is 9.15. The number of ether oxygens (including phenoxy) is 1. The Labute approximate surface area is 117 Å².